The number of carbonyl (C=O) groups excluding carboxylic acids is 2. The van der Waals surface area contributed by atoms with E-state index in [1.807, 2.05) is 27.7 Å². The highest BCUT2D eigenvalue weighted by atomic mass is 16.3. The number of nitrogens with one attached hydrogen (secondary N) is 1. The van der Waals surface area contributed by atoms with Crippen LogP contribution in [0.1, 0.15) is 93.3 Å². The highest BCUT2D eigenvalue weighted by Crippen LogP contribution is 2.38. The van der Waals surface area contributed by atoms with Crippen molar-refractivity contribution in [3.63, 3.8) is 0 Å². The van der Waals surface area contributed by atoms with Crippen LogP contribution in [0.15, 0.2) is 47.5 Å². The maximum atomic E-state index is 13.3. The molecule has 3 aliphatic rings. The number of nitrogens with zero attached hydrogens (tertiary/aromatic N) is 4. The van der Waals surface area contributed by atoms with Gasteiger partial charge in [-0.15, -0.1) is 0 Å². The Morgan fingerprint density at radius 3 is 2.44 bits per heavy atom. The van der Waals surface area contributed by atoms with Gasteiger partial charge in [-0.2, -0.15) is 10.3 Å². The number of aliphatic hydroxyl groups is 1. The Morgan fingerprint density at radius 2 is 1.79 bits per heavy atom. The zero-order valence-electron chi connectivity index (χ0n) is 26.0. The van der Waals surface area contributed by atoms with Gasteiger partial charge >= 0.3 is 0 Å². The summed E-state index contributed by atoms with van der Waals surface area (Å²) in [5.41, 5.74) is 3.69. The first-order chi connectivity index (χ1) is 20.5. The van der Waals surface area contributed by atoms with Crippen molar-refractivity contribution < 1.29 is 14.7 Å². The van der Waals surface area contributed by atoms with Crippen molar-refractivity contribution in [2.75, 3.05) is 18.0 Å². The number of rotatable bonds is 7. The molecule has 2 aromatic rings. The summed E-state index contributed by atoms with van der Waals surface area (Å²) >= 11 is 0. The zero-order valence-corrected chi connectivity index (χ0v) is 26.0. The second-order valence-corrected chi connectivity index (χ2v) is 13.4. The topological polar surface area (TPSA) is 109 Å². The molecule has 0 aromatic heterocycles. The van der Waals surface area contributed by atoms with E-state index in [0.29, 0.717) is 23.5 Å². The van der Waals surface area contributed by atoms with E-state index in [9.17, 15) is 20.0 Å². The van der Waals surface area contributed by atoms with E-state index >= 15 is 0 Å². The van der Waals surface area contributed by atoms with Crippen molar-refractivity contribution in [3.8, 4) is 6.07 Å². The first-order valence-electron chi connectivity index (χ1n) is 15.8. The molecule has 2 aliphatic heterocycles. The number of amides is 2. The number of hydrogen-bond donors (Lipinski definition) is 2. The number of aliphatic imine (C=N–C) groups is 1. The minimum atomic E-state index is -0.641. The normalized spacial score (nSPS) is 22.4. The van der Waals surface area contributed by atoms with Gasteiger partial charge in [-0.3, -0.25) is 14.5 Å². The predicted molar refractivity (Wildman–Crippen MR) is 169 cm³/mol. The highest BCUT2D eigenvalue weighted by molar-refractivity contribution is 6.12. The second kappa shape index (κ2) is 13.0. The average molecular weight is 584 g/mol. The van der Waals surface area contributed by atoms with Crippen molar-refractivity contribution in [2.24, 2.45) is 16.8 Å². The zero-order chi connectivity index (χ0) is 30.7. The Labute approximate surface area is 255 Å². The third-order valence-electron chi connectivity index (χ3n) is 9.36. The van der Waals surface area contributed by atoms with Crippen LogP contribution in [0.4, 0.5) is 5.69 Å². The molecule has 1 aliphatic carbocycles. The standard InChI is InChI=1S/C35H45N5O3/c1-23(2)37-33(41)26-10-12-30(13-11-26)40-31-19-25(22-39-16-14-29(15-17-39)35(3,4)43)8-9-27(31)20-32(40)38-34(42)28-7-5-6-24(18-28)21-36/h5-9,18-19,23,26,29-30,43H,10-17,20,22H2,1-4H3,(H,37,41). The van der Waals surface area contributed by atoms with Gasteiger partial charge in [0.25, 0.3) is 5.91 Å². The molecule has 0 unspecified atom stereocenters. The molecule has 0 spiro atoms. The molecule has 1 saturated heterocycles. The van der Waals surface area contributed by atoms with Gasteiger partial charge in [0.05, 0.1) is 17.2 Å². The minimum absolute atomic E-state index is 0.00891. The number of hydrogen-bond acceptors (Lipinski definition) is 5. The van der Waals surface area contributed by atoms with E-state index in [0.717, 1.165) is 75.2 Å². The van der Waals surface area contributed by atoms with Gasteiger partial charge < -0.3 is 15.3 Å². The third kappa shape index (κ3) is 7.34. The molecule has 8 heteroatoms. The lowest BCUT2D eigenvalue weighted by atomic mass is 9.83. The van der Waals surface area contributed by atoms with Crippen LogP contribution in [0, 0.1) is 23.2 Å². The lowest BCUT2D eigenvalue weighted by Gasteiger charge is -2.38. The van der Waals surface area contributed by atoms with Crippen LogP contribution in [0.5, 0.6) is 0 Å². The molecule has 0 radical (unpaired) electrons. The lowest BCUT2D eigenvalue weighted by Crippen LogP contribution is -2.44. The first-order valence-corrected chi connectivity index (χ1v) is 15.8. The molecule has 1 saturated carbocycles. The van der Waals surface area contributed by atoms with Gasteiger partial charge in [-0.05, 0) is 121 Å². The summed E-state index contributed by atoms with van der Waals surface area (Å²) in [5, 5.41) is 22.8. The second-order valence-electron chi connectivity index (χ2n) is 13.4. The van der Waals surface area contributed by atoms with Crippen LogP contribution < -0.4 is 10.2 Å². The molecule has 2 N–H and O–H groups in total. The van der Waals surface area contributed by atoms with Gasteiger partial charge in [0.1, 0.15) is 5.84 Å². The fourth-order valence-electron chi connectivity index (χ4n) is 6.93. The van der Waals surface area contributed by atoms with Gasteiger partial charge in [0.15, 0.2) is 0 Å². The summed E-state index contributed by atoms with van der Waals surface area (Å²) in [4.78, 5) is 35.4. The van der Waals surface area contributed by atoms with E-state index < -0.39 is 5.60 Å². The summed E-state index contributed by atoms with van der Waals surface area (Å²) < 4.78 is 0. The maximum Gasteiger partial charge on any atom is 0.278 e. The number of anilines is 1. The summed E-state index contributed by atoms with van der Waals surface area (Å²) in [7, 11) is 0. The summed E-state index contributed by atoms with van der Waals surface area (Å²) in [6, 6.07) is 15.7. The number of benzene rings is 2. The Morgan fingerprint density at radius 1 is 1.07 bits per heavy atom. The van der Waals surface area contributed by atoms with E-state index in [4.69, 9.17) is 0 Å². The predicted octanol–water partition coefficient (Wildman–Crippen LogP) is 5.23. The average Bonchev–Trinajstić information content (AvgIpc) is 3.33. The fourth-order valence-corrected chi connectivity index (χ4v) is 6.93. The molecular weight excluding hydrogens is 538 g/mol. The van der Waals surface area contributed by atoms with E-state index in [1.54, 1.807) is 24.3 Å². The molecule has 2 fully saturated rings. The quantitative estimate of drug-likeness (QED) is 0.462. The summed E-state index contributed by atoms with van der Waals surface area (Å²) in [6.07, 6.45) is 5.85. The van der Waals surface area contributed by atoms with E-state index in [-0.39, 0.29) is 29.8 Å². The molecule has 8 nitrogen and oxygen atoms in total. The Hall–Kier alpha value is -3.54. The number of nitriles is 1. The van der Waals surface area contributed by atoms with Crippen LogP contribution in [0.25, 0.3) is 0 Å². The Bertz CT molecular complexity index is 1400. The van der Waals surface area contributed by atoms with Crippen LogP contribution in [-0.2, 0) is 17.8 Å². The molecule has 228 valence electrons. The first kappa shape index (κ1) is 30.9. The van der Waals surface area contributed by atoms with Gasteiger partial charge in [-0.25, -0.2) is 0 Å². The Kier molecular flexibility index (Phi) is 9.33. The molecular formula is C35H45N5O3. The van der Waals surface area contributed by atoms with Crippen LogP contribution in [-0.4, -0.2) is 58.4 Å². The lowest BCUT2D eigenvalue weighted by molar-refractivity contribution is -0.126. The van der Waals surface area contributed by atoms with Crippen LogP contribution in [0.2, 0.25) is 0 Å². The smallest absolute Gasteiger partial charge is 0.278 e. The highest BCUT2D eigenvalue weighted by Gasteiger charge is 2.37. The van der Waals surface area contributed by atoms with Crippen LogP contribution in [0.3, 0.4) is 0 Å². The number of carbonyl (C=O) groups is 2. The number of fused-ring (bicyclic) bond motifs is 1. The van der Waals surface area contributed by atoms with E-state index in [2.05, 4.69) is 44.4 Å². The fraction of sp³-hybridized carbons (Fsp3) is 0.543. The van der Waals surface area contributed by atoms with Gasteiger partial charge in [0, 0.05) is 42.2 Å². The number of piperidine rings is 1. The molecule has 0 atom stereocenters. The molecule has 2 amide bonds. The van der Waals surface area contributed by atoms with Crippen molar-refractivity contribution in [1.29, 1.82) is 5.26 Å². The van der Waals surface area contributed by atoms with Crippen molar-refractivity contribution in [2.45, 2.75) is 96.9 Å². The number of likely N-dealkylation sites (tertiary alicyclic amines) is 1. The molecule has 5 rings (SSSR count). The van der Waals surface area contributed by atoms with Gasteiger partial charge in [-0.1, -0.05) is 18.2 Å². The van der Waals surface area contributed by atoms with Crippen molar-refractivity contribution in [3.05, 3.63) is 64.7 Å². The molecule has 2 heterocycles. The molecule has 2 aromatic carbocycles. The van der Waals surface area contributed by atoms with Crippen LogP contribution >= 0.6 is 0 Å². The van der Waals surface area contributed by atoms with E-state index in [1.165, 1.54) is 5.56 Å². The Balaban J connectivity index is 1.37. The minimum Gasteiger partial charge on any atom is -0.390 e. The van der Waals surface area contributed by atoms with Gasteiger partial charge in [0.2, 0.25) is 5.91 Å². The van der Waals surface area contributed by atoms with Crippen molar-refractivity contribution >= 4 is 23.3 Å². The third-order valence-corrected chi connectivity index (χ3v) is 9.36. The summed E-state index contributed by atoms with van der Waals surface area (Å²) in [5.74, 6) is 0.856. The molecule has 0 bridgehead atoms. The molecule has 43 heavy (non-hydrogen) atoms. The largest absolute Gasteiger partial charge is 0.390 e. The SMILES string of the molecule is CC(C)NC(=O)C1CCC(N2C(=NC(=O)c3cccc(C#N)c3)Cc3ccc(CN4CCC(C(C)(C)O)CC4)cc32)CC1. The van der Waals surface area contributed by atoms with Crippen molar-refractivity contribution in [1.82, 2.24) is 10.2 Å². The maximum absolute atomic E-state index is 13.3. The monoisotopic (exact) mass is 583 g/mol. The number of amidine groups is 1. The summed E-state index contributed by atoms with van der Waals surface area (Å²) in [6.45, 7) is 10.6.